The van der Waals surface area contributed by atoms with Gasteiger partial charge in [-0.15, -0.1) is 0 Å². The number of fused-ring (bicyclic) bond motifs is 1. The van der Waals surface area contributed by atoms with E-state index in [1.807, 2.05) is 0 Å². The second-order valence-electron chi connectivity index (χ2n) is 9.10. The van der Waals surface area contributed by atoms with Crippen LogP contribution in [0.15, 0.2) is 42.7 Å². The zero-order chi connectivity index (χ0) is 28.2. The van der Waals surface area contributed by atoms with E-state index < -0.39 is 17.5 Å². The van der Waals surface area contributed by atoms with Crippen LogP contribution in [0, 0.1) is 11.6 Å². The Labute approximate surface area is 227 Å². The van der Waals surface area contributed by atoms with Crippen LogP contribution in [0.1, 0.15) is 35.7 Å². The Bertz CT molecular complexity index is 1570. The first kappa shape index (κ1) is 26.9. The molecule has 0 bridgehead atoms. The summed E-state index contributed by atoms with van der Waals surface area (Å²) in [5, 5.41) is 9.77. The smallest absolute Gasteiger partial charge is 0.257 e. The fraction of sp³-hybridized carbons (Fsp3) is 0.296. The van der Waals surface area contributed by atoms with Crippen molar-refractivity contribution in [2.24, 2.45) is 0 Å². The minimum atomic E-state index is -0.848. The van der Waals surface area contributed by atoms with Crippen LogP contribution in [0.4, 0.5) is 14.6 Å². The molecule has 1 aliphatic rings. The van der Waals surface area contributed by atoms with Crippen LogP contribution >= 0.6 is 0 Å². The zero-order valence-electron chi connectivity index (χ0n) is 21.7. The van der Waals surface area contributed by atoms with E-state index >= 15 is 0 Å². The minimum absolute atomic E-state index is 0.0574. The second-order valence-corrected chi connectivity index (χ2v) is 9.10. The van der Waals surface area contributed by atoms with E-state index in [-0.39, 0.29) is 41.3 Å². The van der Waals surface area contributed by atoms with E-state index in [4.69, 9.17) is 14.2 Å². The van der Waals surface area contributed by atoms with Gasteiger partial charge in [0.2, 0.25) is 11.8 Å². The van der Waals surface area contributed by atoms with Gasteiger partial charge in [-0.1, -0.05) is 0 Å². The number of anilines is 1. The minimum Gasteiger partial charge on any atom is -0.487 e. The Kier molecular flexibility index (Phi) is 7.82. The number of carbonyl (C=O) groups excluding carboxylic acids is 2. The van der Waals surface area contributed by atoms with Gasteiger partial charge in [0.05, 0.1) is 32.2 Å². The molecule has 3 aromatic heterocycles. The zero-order valence-corrected chi connectivity index (χ0v) is 21.7. The van der Waals surface area contributed by atoms with Crippen LogP contribution in [0.5, 0.6) is 11.6 Å². The van der Waals surface area contributed by atoms with Gasteiger partial charge in [0, 0.05) is 49.7 Å². The number of ether oxygens (including phenoxy) is 3. The molecule has 0 unspecified atom stereocenters. The lowest BCUT2D eigenvalue weighted by Gasteiger charge is -2.25. The molecular formula is C27H26F2N6O5. The largest absolute Gasteiger partial charge is 0.487 e. The number of amides is 2. The number of pyridine rings is 1. The number of nitrogens with zero attached hydrogens (tertiary/aromatic N) is 4. The molecule has 208 valence electrons. The van der Waals surface area contributed by atoms with Crippen LogP contribution < -0.4 is 20.1 Å². The molecule has 1 aromatic carbocycles. The number of halogens is 2. The maximum atomic E-state index is 14.7. The fourth-order valence-corrected chi connectivity index (χ4v) is 4.30. The Hall–Kier alpha value is -4.65. The summed E-state index contributed by atoms with van der Waals surface area (Å²) < 4.78 is 46.7. The van der Waals surface area contributed by atoms with E-state index in [1.54, 1.807) is 24.4 Å². The number of rotatable bonds is 8. The van der Waals surface area contributed by atoms with Crippen molar-refractivity contribution in [2.75, 3.05) is 25.6 Å². The second kappa shape index (κ2) is 11.6. The van der Waals surface area contributed by atoms with Gasteiger partial charge >= 0.3 is 0 Å². The molecule has 0 radical (unpaired) electrons. The molecule has 2 N–H and O–H groups in total. The quantitative estimate of drug-likeness (QED) is 0.340. The number of methoxy groups -OCH3 is 1. The lowest BCUT2D eigenvalue weighted by Crippen LogP contribution is -2.28. The maximum absolute atomic E-state index is 14.7. The summed E-state index contributed by atoms with van der Waals surface area (Å²) in [5.41, 5.74) is 1.73. The van der Waals surface area contributed by atoms with Crippen molar-refractivity contribution < 1.29 is 32.6 Å². The predicted octanol–water partition coefficient (Wildman–Crippen LogP) is 3.52. The summed E-state index contributed by atoms with van der Waals surface area (Å²) in [5.74, 6) is -2.18. The van der Waals surface area contributed by atoms with Gasteiger partial charge < -0.3 is 24.8 Å². The third-order valence-corrected chi connectivity index (χ3v) is 6.19. The number of imidazole rings is 1. The van der Waals surface area contributed by atoms with Crippen molar-refractivity contribution in [3.63, 3.8) is 0 Å². The first-order valence-corrected chi connectivity index (χ1v) is 12.5. The number of carbonyl (C=O) groups is 2. The number of hydrogen-bond acceptors (Lipinski definition) is 8. The number of benzene rings is 1. The van der Waals surface area contributed by atoms with E-state index in [2.05, 4.69) is 25.7 Å². The van der Waals surface area contributed by atoms with Gasteiger partial charge in [0.15, 0.2) is 23.0 Å². The lowest BCUT2D eigenvalue weighted by molar-refractivity contribution is -0.114. The fourth-order valence-electron chi connectivity index (χ4n) is 4.30. The highest BCUT2D eigenvalue weighted by Gasteiger charge is 2.22. The third kappa shape index (κ3) is 5.99. The van der Waals surface area contributed by atoms with Gasteiger partial charge in [-0.3, -0.25) is 9.59 Å². The monoisotopic (exact) mass is 552 g/mol. The normalized spacial score (nSPS) is 13.7. The van der Waals surface area contributed by atoms with Crippen molar-refractivity contribution in [1.82, 2.24) is 24.9 Å². The van der Waals surface area contributed by atoms with Crippen LogP contribution in [0.3, 0.4) is 0 Å². The molecule has 0 aliphatic carbocycles. The van der Waals surface area contributed by atoms with E-state index in [0.717, 1.165) is 12.1 Å². The molecule has 13 heteroatoms. The van der Waals surface area contributed by atoms with Crippen molar-refractivity contribution in [3.8, 4) is 22.9 Å². The SMILES string of the molecule is COc1ncc(-c2ccc3nc(NC(C)=O)cn3n2)cc1C(=O)NCc1cc(F)cc(F)c1OC1CCOCC1. The van der Waals surface area contributed by atoms with Crippen LogP contribution in [0.2, 0.25) is 0 Å². The van der Waals surface area contributed by atoms with Gasteiger partial charge in [-0.05, 0) is 24.3 Å². The molecule has 1 saturated heterocycles. The molecule has 0 atom stereocenters. The molecule has 5 rings (SSSR count). The molecule has 40 heavy (non-hydrogen) atoms. The number of nitrogens with one attached hydrogen (secondary N) is 2. The average molecular weight is 553 g/mol. The maximum Gasteiger partial charge on any atom is 0.257 e. The third-order valence-electron chi connectivity index (χ3n) is 6.19. The summed E-state index contributed by atoms with van der Waals surface area (Å²) in [6, 6.07) is 6.83. The van der Waals surface area contributed by atoms with E-state index in [1.165, 1.54) is 24.7 Å². The first-order valence-electron chi connectivity index (χ1n) is 12.5. The summed E-state index contributed by atoms with van der Waals surface area (Å²) in [6.07, 6.45) is 3.93. The van der Waals surface area contributed by atoms with Crippen molar-refractivity contribution in [2.45, 2.75) is 32.4 Å². The first-order chi connectivity index (χ1) is 19.3. The molecule has 4 aromatic rings. The lowest BCUT2D eigenvalue weighted by atomic mass is 10.1. The Balaban J connectivity index is 1.38. The summed E-state index contributed by atoms with van der Waals surface area (Å²) >= 11 is 0. The molecule has 1 aliphatic heterocycles. The average Bonchev–Trinajstić information content (AvgIpc) is 3.34. The van der Waals surface area contributed by atoms with Gasteiger partial charge in [-0.25, -0.2) is 23.3 Å². The van der Waals surface area contributed by atoms with Gasteiger partial charge in [0.25, 0.3) is 5.91 Å². The molecule has 1 fully saturated rings. The topological polar surface area (TPSA) is 129 Å². The highest BCUT2D eigenvalue weighted by atomic mass is 19.1. The highest BCUT2D eigenvalue weighted by Crippen LogP contribution is 2.28. The van der Waals surface area contributed by atoms with E-state index in [9.17, 15) is 18.4 Å². The summed E-state index contributed by atoms with van der Waals surface area (Å²) in [4.78, 5) is 33.1. The number of hydrogen-bond donors (Lipinski definition) is 2. The van der Waals surface area contributed by atoms with Gasteiger partial charge in [0.1, 0.15) is 17.5 Å². The van der Waals surface area contributed by atoms with Gasteiger partial charge in [-0.2, -0.15) is 5.10 Å². The Morgan fingerprint density at radius 2 is 1.98 bits per heavy atom. The highest BCUT2D eigenvalue weighted by molar-refractivity contribution is 5.97. The Morgan fingerprint density at radius 3 is 2.73 bits per heavy atom. The van der Waals surface area contributed by atoms with Crippen LogP contribution in [0.25, 0.3) is 16.9 Å². The van der Waals surface area contributed by atoms with Crippen molar-refractivity contribution in [3.05, 3.63) is 65.5 Å². The Morgan fingerprint density at radius 1 is 1.18 bits per heavy atom. The van der Waals surface area contributed by atoms with Crippen LogP contribution in [-0.4, -0.2) is 57.8 Å². The number of aromatic nitrogens is 4. The standard InChI is InChI=1S/C27H26F2N6O5/c1-15(36)32-23-14-35-24(33-23)4-3-22(34-35)16-10-20(27(38-2)31-12-16)26(37)30-13-17-9-18(28)11-21(29)25(17)40-19-5-7-39-8-6-19/h3-4,9-12,14,19H,5-8,13H2,1-2H3,(H,30,37)(H,32,36). The molecular weight excluding hydrogens is 526 g/mol. The summed E-state index contributed by atoms with van der Waals surface area (Å²) in [7, 11) is 1.37. The molecule has 0 spiro atoms. The van der Waals surface area contributed by atoms with Crippen LogP contribution in [-0.2, 0) is 16.1 Å². The molecule has 4 heterocycles. The molecule has 11 nitrogen and oxygen atoms in total. The summed E-state index contributed by atoms with van der Waals surface area (Å²) in [6.45, 7) is 2.15. The van der Waals surface area contributed by atoms with E-state index in [0.29, 0.717) is 48.8 Å². The molecule has 0 saturated carbocycles. The van der Waals surface area contributed by atoms with Crippen molar-refractivity contribution >= 4 is 23.3 Å². The predicted molar refractivity (Wildman–Crippen MR) is 139 cm³/mol. The van der Waals surface area contributed by atoms with Crippen molar-refractivity contribution in [1.29, 1.82) is 0 Å². The molecule has 2 amide bonds.